The van der Waals surface area contributed by atoms with Crippen LogP contribution in [-0.4, -0.2) is 17.9 Å². The summed E-state index contributed by atoms with van der Waals surface area (Å²) < 4.78 is 5.31. The zero-order chi connectivity index (χ0) is 11.0. The maximum absolute atomic E-state index is 11.6. The van der Waals surface area contributed by atoms with Gasteiger partial charge in [0.15, 0.2) is 5.78 Å². The highest BCUT2D eigenvalue weighted by atomic mass is 16.5. The number of carbonyl (C=O) groups is 2. The number of hydrogen-bond donors (Lipinski definition) is 0. The van der Waals surface area contributed by atoms with Crippen LogP contribution < -0.4 is 0 Å². The Kier molecular flexibility index (Phi) is 2.63. The van der Waals surface area contributed by atoms with Crippen LogP contribution in [0.1, 0.15) is 26.2 Å². The van der Waals surface area contributed by atoms with Crippen molar-refractivity contribution in [3.05, 3.63) is 12.7 Å². The SMILES string of the molecule is C=CC(=O)CC1OC(=O)C2CC1CC2C. The smallest absolute Gasteiger partial charge is 0.309 e. The summed E-state index contributed by atoms with van der Waals surface area (Å²) >= 11 is 0. The maximum atomic E-state index is 11.6. The Morgan fingerprint density at radius 1 is 1.60 bits per heavy atom. The third-order valence-electron chi connectivity index (χ3n) is 3.64. The highest BCUT2D eigenvalue weighted by Gasteiger charge is 2.46. The first-order valence-electron chi connectivity index (χ1n) is 5.47. The summed E-state index contributed by atoms with van der Waals surface area (Å²) in [5.41, 5.74) is 0. The van der Waals surface area contributed by atoms with Crippen molar-refractivity contribution in [3.8, 4) is 0 Å². The highest BCUT2D eigenvalue weighted by Crippen LogP contribution is 2.44. The minimum atomic E-state index is -0.204. The fourth-order valence-corrected chi connectivity index (χ4v) is 2.75. The number of fused-ring (bicyclic) bond motifs is 2. The molecule has 0 spiro atoms. The number of hydrogen-bond acceptors (Lipinski definition) is 3. The second-order valence-electron chi connectivity index (χ2n) is 4.67. The molecule has 2 bridgehead atoms. The number of ether oxygens (including phenoxy) is 1. The van der Waals surface area contributed by atoms with Crippen LogP contribution in [0.3, 0.4) is 0 Å². The summed E-state index contributed by atoms with van der Waals surface area (Å²) in [6, 6.07) is 0. The molecule has 1 aliphatic heterocycles. The average molecular weight is 208 g/mol. The molecule has 15 heavy (non-hydrogen) atoms. The lowest BCUT2D eigenvalue weighted by atomic mass is 9.92. The fourth-order valence-electron chi connectivity index (χ4n) is 2.75. The quantitative estimate of drug-likeness (QED) is 0.524. The van der Waals surface area contributed by atoms with Crippen molar-refractivity contribution >= 4 is 11.8 Å². The summed E-state index contributed by atoms with van der Waals surface area (Å²) in [5, 5.41) is 0. The molecule has 0 aromatic rings. The molecule has 0 aromatic heterocycles. The Labute approximate surface area is 89.5 Å². The van der Waals surface area contributed by atoms with E-state index in [2.05, 4.69) is 13.5 Å². The van der Waals surface area contributed by atoms with E-state index in [1.165, 1.54) is 6.08 Å². The molecule has 0 radical (unpaired) electrons. The van der Waals surface area contributed by atoms with Gasteiger partial charge in [-0.15, -0.1) is 0 Å². The van der Waals surface area contributed by atoms with Crippen LogP contribution in [0.15, 0.2) is 12.7 Å². The van der Waals surface area contributed by atoms with Crippen molar-refractivity contribution < 1.29 is 14.3 Å². The second-order valence-corrected chi connectivity index (χ2v) is 4.67. The lowest BCUT2D eigenvalue weighted by Gasteiger charge is -2.27. The lowest BCUT2D eigenvalue weighted by Crippen LogP contribution is -2.34. The van der Waals surface area contributed by atoms with Crippen LogP contribution in [0.5, 0.6) is 0 Å². The average Bonchev–Trinajstić information content (AvgIpc) is 2.54. The zero-order valence-corrected chi connectivity index (χ0v) is 8.94. The minimum absolute atomic E-state index is 0.0363. The largest absolute Gasteiger partial charge is 0.461 e. The van der Waals surface area contributed by atoms with Gasteiger partial charge in [-0.05, 0) is 30.8 Å². The third kappa shape index (κ3) is 1.83. The molecule has 4 atom stereocenters. The minimum Gasteiger partial charge on any atom is -0.461 e. The zero-order valence-electron chi connectivity index (χ0n) is 8.94. The van der Waals surface area contributed by atoms with Crippen LogP contribution in [0.2, 0.25) is 0 Å². The van der Waals surface area contributed by atoms with Gasteiger partial charge in [0, 0.05) is 6.42 Å². The van der Waals surface area contributed by atoms with E-state index in [0.717, 1.165) is 12.8 Å². The van der Waals surface area contributed by atoms with Crippen molar-refractivity contribution in [2.45, 2.75) is 32.3 Å². The molecule has 3 nitrogen and oxygen atoms in total. The van der Waals surface area contributed by atoms with E-state index in [0.29, 0.717) is 18.3 Å². The predicted octanol–water partition coefficient (Wildman–Crippen LogP) is 1.72. The fraction of sp³-hybridized carbons (Fsp3) is 0.667. The van der Waals surface area contributed by atoms with E-state index in [1.54, 1.807) is 0 Å². The Hall–Kier alpha value is -1.12. The first-order valence-corrected chi connectivity index (χ1v) is 5.47. The maximum Gasteiger partial charge on any atom is 0.309 e. The molecule has 4 unspecified atom stereocenters. The molecule has 0 N–H and O–H groups in total. The number of cyclic esters (lactones) is 1. The number of esters is 1. The molecule has 1 aliphatic carbocycles. The number of allylic oxidation sites excluding steroid dienone is 1. The van der Waals surface area contributed by atoms with Gasteiger partial charge in [0.05, 0.1) is 5.92 Å². The molecule has 2 aliphatic rings. The van der Waals surface area contributed by atoms with Crippen LogP contribution in [-0.2, 0) is 14.3 Å². The van der Waals surface area contributed by atoms with Gasteiger partial charge in [0.1, 0.15) is 6.10 Å². The standard InChI is InChI=1S/C12H16O3/c1-3-9(13)6-11-8-4-7(2)10(5-8)12(14)15-11/h3,7-8,10-11H,1,4-6H2,2H3. The lowest BCUT2D eigenvalue weighted by molar-refractivity contribution is -0.162. The molecule has 1 heterocycles. The van der Waals surface area contributed by atoms with Gasteiger partial charge in [0.25, 0.3) is 0 Å². The van der Waals surface area contributed by atoms with Gasteiger partial charge in [-0.25, -0.2) is 0 Å². The van der Waals surface area contributed by atoms with Crippen molar-refractivity contribution in [2.75, 3.05) is 0 Å². The van der Waals surface area contributed by atoms with Gasteiger partial charge in [-0.2, -0.15) is 0 Å². The van der Waals surface area contributed by atoms with E-state index in [9.17, 15) is 9.59 Å². The number of carbonyl (C=O) groups excluding carboxylic acids is 2. The van der Waals surface area contributed by atoms with E-state index in [-0.39, 0.29) is 23.8 Å². The molecular weight excluding hydrogens is 192 g/mol. The van der Waals surface area contributed by atoms with Crippen molar-refractivity contribution in [1.82, 2.24) is 0 Å². The molecule has 1 saturated heterocycles. The van der Waals surface area contributed by atoms with Gasteiger partial charge in [-0.3, -0.25) is 9.59 Å². The monoisotopic (exact) mass is 208 g/mol. The molecule has 2 fully saturated rings. The summed E-state index contributed by atoms with van der Waals surface area (Å²) in [6.07, 6.45) is 3.31. The van der Waals surface area contributed by atoms with Crippen LogP contribution in [0, 0.1) is 17.8 Å². The Balaban J connectivity index is 2.06. The van der Waals surface area contributed by atoms with Gasteiger partial charge >= 0.3 is 5.97 Å². The number of ketones is 1. The van der Waals surface area contributed by atoms with Crippen molar-refractivity contribution in [1.29, 1.82) is 0 Å². The van der Waals surface area contributed by atoms with E-state index < -0.39 is 0 Å². The topological polar surface area (TPSA) is 43.4 Å². The van der Waals surface area contributed by atoms with Crippen LogP contribution >= 0.6 is 0 Å². The van der Waals surface area contributed by atoms with Crippen molar-refractivity contribution in [3.63, 3.8) is 0 Å². The Morgan fingerprint density at radius 3 is 3.00 bits per heavy atom. The van der Waals surface area contributed by atoms with Crippen LogP contribution in [0.25, 0.3) is 0 Å². The molecule has 2 rings (SSSR count). The summed E-state index contributed by atoms with van der Waals surface area (Å²) in [6.45, 7) is 5.52. The summed E-state index contributed by atoms with van der Waals surface area (Å²) in [4.78, 5) is 22.8. The first kappa shape index (κ1) is 10.4. The molecule has 82 valence electrons. The predicted molar refractivity (Wildman–Crippen MR) is 55.1 cm³/mol. The van der Waals surface area contributed by atoms with Gasteiger partial charge < -0.3 is 4.74 Å². The molecule has 0 amide bonds. The van der Waals surface area contributed by atoms with E-state index in [1.807, 2.05) is 0 Å². The molecule has 1 saturated carbocycles. The molecule has 3 heteroatoms. The van der Waals surface area contributed by atoms with E-state index in [4.69, 9.17) is 4.74 Å². The van der Waals surface area contributed by atoms with Crippen LogP contribution in [0.4, 0.5) is 0 Å². The molecular formula is C12H16O3. The van der Waals surface area contributed by atoms with Crippen molar-refractivity contribution in [2.24, 2.45) is 17.8 Å². The Morgan fingerprint density at radius 2 is 2.33 bits per heavy atom. The normalized spacial score (nSPS) is 38.6. The van der Waals surface area contributed by atoms with E-state index >= 15 is 0 Å². The van der Waals surface area contributed by atoms with Gasteiger partial charge in [0.2, 0.25) is 0 Å². The van der Waals surface area contributed by atoms with Gasteiger partial charge in [-0.1, -0.05) is 13.5 Å². The summed E-state index contributed by atoms with van der Waals surface area (Å²) in [5.74, 6) is 0.715. The second kappa shape index (κ2) is 3.80. The Bertz CT molecular complexity index is 308. The third-order valence-corrected chi connectivity index (χ3v) is 3.64. The number of rotatable bonds is 3. The molecule has 0 aromatic carbocycles. The highest BCUT2D eigenvalue weighted by molar-refractivity contribution is 5.89. The first-order chi connectivity index (χ1) is 7.11. The summed E-state index contributed by atoms with van der Waals surface area (Å²) in [7, 11) is 0.